The summed E-state index contributed by atoms with van der Waals surface area (Å²) < 4.78 is 16.3. The Bertz CT molecular complexity index is 1700. The zero-order valence-corrected chi connectivity index (χ0v) is 27.9. The molecule has 2 aliphatic carbocycles. The molecule has 0 aromatic heterocycles. The maximum absolute atomic E-state index is 16.3. The first-order chi connectivity index (χ1) is 23.0. The number of carboxylic acid groups (broad SMARTS) is 1. The lowest BCUT2D eigenvalue weighted by Gasteiger charge is -2.51. The third-order valence-electron chi connectivity index (χ3n) is 10.8. The van der Waals surface area contributed by atoms with Gasteiger partial charge >= 0.3 is 5.97 Å². The van der Waals surface area contributed by atoms with Crippen LogP contribution in [0.4, 0.5) is 15.8 Å². The molecule has 0 radical (unpaired) electrons. The van der Waals surface area contributed by atoms with Gasteiger partial charge in [0.15, 0.2) is 0 Å². The molecule has 1 heterocycles. The number of non-ortho nitro benzene ring substituents is 1. The van der Waals surface area contributed by atoms with Gasteiger partial charge in [-0.3, -0.25) is 24.6 Å². The van der Waals surface area contributed by atoms with E-state index in [0.717, 1.165) is 37.7 Å². The van der Waals surface area contributed by atoms with Crippen LogP contribution in [0, 0.1) is 21.8 Å². The highest BCUT2D eigenvalue weighted by molar-refractivity contribution is 6.31. The number of carboxylic acids is 1. The highest BCUT2D eigenvalue weighted by Gasteiger charge is 2.63. The Balaban J connectivity index is 1.53. The Morgan fingerprint density at radius 3 is 2.42 bits per heavy atom. The number of hydrogen-bond donors (Lipinski definition) is 3. The molecule has 3 aromatic carbocycles. The number of nitrogens with zero attached hydrogens (tertiary/aromatic N) is 2. The Hall–Kier alpha value is -3.73. The minimum absolute atomic E-state index is 0.0554. The Morgan fingerprint density at radius 2 is 1.75 bits per heavy atom. The molecule has 3 aromatic rings. The Kier molecular flexibility index (Phi) is 9.97. The molecule has 254 valence electrons. The Labute approximate surface area is 288 Å². The minimum atomic E-state index is -0.897. The number of nitro benzene ring substituents is 1. The van der Waals surface area contributed by atoms with Crippen LogP contribution >= 0.6 is 23.2 Å². The molecule has 4 N–H and O–H groups in total. The number of carbonyl (C=O) groups excluding carboxylic acids is 1. The summed E-state index contributed by atoms with van der Waals surface area (Å²) in [6, 6.07) is 15.0. The summed E-state index contributed by atoms with van der Waals surface area (Å²) >= 11 is 12.8. The number of nitrogens with one attached hydrogen (secondary N) is 1. The molecular weight excluding hydrogens is 658 g/mol. The molecule has 1 aliphatic heterocycles. The number of rotatable bonds is 8. The van der Waals surface area contributed by atoms with Gasteiger partial charge in [0.1, 0.15) is 5.82 Å². The third kappa shape index (κ3) is 6.37. The van der Waals surface area contributed by atoms with E-state index in [1.54, 1.807) is 36.4 Å². The monoisotopic (exact) mass is 696 g/mol. The van der Waals surface area contributed by atoms with Crippen LogP contribution in [0.1, 0.15) is 86.3 Å². The fourth-order valence-corrected chi connectivity index (χ4v) is 9.21. The van der Waals surface area contributed by atoms with Crippen molar-refractivity contribution >= 4 is 46.5 Å². The number of anilines is 1. The van der Waals surface area contributed by atoms with Gasteiger partial charge in [0, 0.05) is 52.8 Å². The van der Waals surface area contributed by atoms with Crippen molar-refractivity contribution in [3.63, 3.8) is 0 Å². The molecule has 2 saturated carbocycles. The predicted molar refractivity (Wildman–Crippen MR) is 183 cm³/mol. The van der Waals surface area contributed by atoms with Crippen molar-refractivity contribution in [2.24, 2.45) is 5.92 Å². The fourth-order valence-electron chi connectivity index (χ4n) is 8.85. The van der Waals surface area contributed by atoms with E-state index >= 15 is 4.39 Å². The first kappa shape index (κ1) is 34.1. The third-order valence-corrected chi connectivity index (χ3v) is 11.3. The van der Waals surface area contributed by atoms with Gasteiger partial charge in [-0.05, 0) is 67.0 Å². The first-order valence-electron chi connectivity index (χ1n) is 16.5. The fraction of sp³-hybridized carbons (Fsp3) is 0.444. The zero-order valence-electron chi connectivity index (χ0n) is 26.4. The van der Waals surface area contributed by atoms with Crippen molar-refractivity contribution in [2.75, 3.05) is 5.73 Å². The summed E-state index contributed by atoms with van der Waals surface area (Å²) in [7, 11) is 0. The van der Waals surface area contributed by atoms with Crippen LogP contribution in [-0.2, 0) is 16.1 Å². The first-order valence-corrected chi connectivity index (χ1v) is 17.3. The number of benzene rings is 3. The molecular formula is C36H39Cl2FN4O5. The number of nitrogen functional groups attached to an aromatic ring is 1. The minimum Gasteiger partial charge on any atom is -0.481 e. The summed E-state index contributed by atoms with van der Waals surface area (Å²) in [5.41, 5.74) is 8.21. The van der Waals surface area contributed by atoms with Gasteiger partial charge in [0.25, 0.3) is 5.69 Å². The van der Waals surface area contributed by atoms with E-state index in [0.29, 0.717) is 47.5 Å². The number of aliphatic carboxylic acids is 1. The SMILES string of the molecule is Nc1cc(Cl)ccc1[C@@H]1[C@@H](c2cccc(Cl)c2F)[C@H](C(=O)NCc2ccc([N+](=O)[O-])cc2)N(C2CCCC(C(=O)O)C2)C12CCCCC2. The van der Waals surface area contributed by atoms with Crippen LogP contribution in [0.5, 0.6) is 0 Å². The van der Waals surface area contributed by atoms with E-state index < -0.39 is 46.0 Å². The van der Waals surface area contributed by atoms with E-state index in [2.05, 4.69) is 10.2 Å². The van der Waals surface area contributed by atoms with Crippen molar-refractivity contribution in [1.82, 2.24) is 10.2 Å². The molecule has 3 fully saturated rings. The number of halogens is 3. The Morgan fingerprint density at radius 1 is 1.02 bits per heavy atom. The number of hydrogen-bond acceptors (Lipinski definition) is 6. The van der Waals surface area contributed by atoms with E-state index in [9.17, 15) is 24.8 Å². The molecule has 12 heteroatoms. The number of nitro groups is 1. The zero-order chi connectivity index (χ0) is 34.2. The van der Waals surface area contributed by atoms with E-state index in [1.807, 2.05) is 6.07 Å². The maximum atomic E-state index is 16.3. The van der Waals surface area contributed by atoms with Crippen molar-refractivity contribution in [3.05, 3.63) is 103 Å². The largest absolute Gasteiger partial charge is 0.481 e. The van der Waals surface area contributed by atoms with Gasteiger partial charge < -0.3 is 16.2 Å². The summed E-state index contributed by atoms with van der Waals surface area (Å²) in [6.07, 6.45) is 6.54. The van der Waals surface area contributed by atoms with Crippen LogP contribution in [-0.4, -0.2) is 44.4 Å². The molecule has 0 bridgehead atoms. The summed E-state index contributed by atoms with van der Waals surface area (Å²) in [4.78, 5) is 40.1. The lowest BCUT2D eigenvalue weighted by molar-refractivity contribution is -0.384. The number of carbonyl (C=O) groups is 2. The smallest absolute Gasteiger partial charge is 0.306 e. The van der Waals surface area contributed by atoms with Crippen molar-refractivity contribution in [2.45, 2.75) is 93.8 Å². The molecule has 6 rings (SSSR count). The quantitative estimate of drug-likeness (QED) is 0.124. The van der Waals surface area contributed by atoms with Crippen LogP contribution in [0.2, 0.25) is 10.0 Å². The van der Waals surface area contributed by atoms with Gasteiger partial charge in [-0.25, -0.2) is 4.39 Å². The molecule has 48 heavy (non-hydrogen) atoms. The van der Waals surface area contributed by atoms with Gasteiger partial charge in [-0.2, -0.15) is 0 Å². The van der Waals surface area contributed by atoms with Gasteiger partial charge in [0.05, 0.1) is 21.9 Å². The predicted octanol–water partition coefficient (Wildman–Crippen LogP) is 7.84. The molecule has 1 amide bonds. The highest BCUT2D eigenvalue weighted by atomic mass is 35.5. The molecule has 9 nitrogen and oxygen atoms in total. The van der Waals surface area contributed by atoms with Gasteiger partial charge in [-0.1, -0.05) is 79.2 Å². The molecule has 2 unspecified atom stereocenters. The summed E-state index contributed by atoms with van der Waals surface area (Å²) in [5.74, 6) is -3.53. The van der Waals surface area contributed by atoms with Crippen LogP contribution in [0.15, 0.2) is 60.7 Å². The number of likely N-dealkylation sites (tertiary alicyclic amines) is 1. The van der Waals surface area contributed by atoms with Crippen LogP contribution < -0.4 is 11.1 Å². The van der Waals surface area contributed by atoms with E-state index in [-0.39, 0.29) is 29.2 Å². The van der Waals surface area contributed by atoms with Gasteiger partial charge in [-0.15, -0.1) is 0 Å². The molecule has 1 saturated heterocycles. The van der Waals surface area contributed by atoms with Crippen molar-refractivity contribution in [3.8, 4) is 0 Å². The molecule has 3 aliphatic rings. The number of amides is 1. The van der Waals surface area contributed by atoms with Crippen LogP contribution in [0.3, 0.4) is 0 Å². The normalized spacial score (nSPS) is 25.5. The second-order valence-electron chi connectivity index (χ2n) is 13.4. The average Bonchev–Trinajstić information content (AvgIpc) is 3.34. The highest BCUT2D eigenvalue weighted by Crippen LogP contribution is 2.62. The average molecular weight is 698 g/mol. The van der Waals surface area contributed by atoms with Crippen molar-refractivity contribution in [1.29, 1.82) is 0 Å². The maximum Gasteiger partial charge on any atom is 0.306 e. The summed E-state index contributed by atoms with van der Waals surface area (Å²) in [5, 5.41) is 24.8. The lowest BCUT2D eigenvalue weighted by atomic mass is 9.65. The van der Waals surface area contributed by atoms with E-state index in [4.69, 9.17) is 28.9 Å². The van der Waals surface area contributed by atoms with Crippen LogP contribution in [0.25, 0.3) is 0 Å². The molecule has 1 spiro atoms. The standard InChI is InChI=1S/C36H39Cl2FN4O5/c37-23-12-15-26(29(40)19-23)31-30(27-8-5-9-28(38)32(27)39)33(34(44)41-20-21-10-13-24(14-11-21)43(47)48)42(36(31)16-2-1-3-17-36)25-7-4-6-22(18-25)35(45)46/h5,8-15,19,22,25,30-31,33H,1-4,6-7,16-18,20,40H2,(H,41,44)(H,45,46)/t22?,25?,30-,31-,33-/m1/s1. The van der Waals surface area contributed by atoms with Gasteiger partial charge in [0.2, 0.25) is 5.91 Å². The topological polar surface area (TPSA) is 139 Å². The van der Waals surface area contributed by atoms with Crippen molar-refractivity contribution < 1.29 is 24.0 Å². The second-order valence-corrected chi connectivity index (χ2v) is 14.3. The summed E-state index contributed by atoms with van der Waals surface area (Å²) in [6.45, 7) is 0.0923. The molecule has 5 atom stereocenters. The number of nitrogens with two attached hydrogens (primary N) is 1. The second kappa shape index (κ2) is 14.0. The van der Waals surface area contributed by atoms with E-state index in [1.165, 1.54) is 18.2 Å². The lowest BCUT2D eigenvalue weighted by Crippen LogP contribution is -2.59.